The Hall–Kier alpha value is -2.41. The largest absolute Gasteiger partial charge is 0.456 e. The van der Waals surface area contributed by atoms with Crippen molar-refractivity contribution in [2.45, 2.75) is 26.7 Å². The number of hydrogen-bond donors (Lipinski definition) is 0. The lowest BCUT2D eigenvalue weighted by Gasteiger charge is -2.18. The van der Waals surface area contributed by atoms with Gasteiger partial charge in [0.2, 0.25) is 11.7 Å². The Kier molecular flexibility index (Phi) is 6.94. The van der Waals surface area contributed by atoms with Crippen molar-refractivity contribution >= 4 is 23.5 Å². The normalized spacial score (nSPS) is 10.5. The molecule has 2 aromatic rings. The number of aryl methyl sites for hydroxylation is 1. The van der Waals surface area contributed by atoms with Gasteiger partial charge in [0.05, 0.1) is 6.42 Å². The molecule has 1 amide bonds. The molecule has 0 saturated carbocycles. The Balaban J connectivity index is 1.80. The molecule has 0 spiro atoms. The highest BCUT2D eigenvalue weighted by Crippen LogP contribution is 2.19. The summed E-state index contributed by atoms with van der Waals surface area (Å²) in [5.41, 5.74) is 0.770. The Morgan fingerprint density at radius 2 is 1.88 bits per heavy atom. The number of benzene rings is 1. The number of amides is 1. The molecule has 0 aliphatic carbocycles. The van der Waals surface area contributed by atoms with Crippen LogP contribution in [0.3, 0.4) is 0 Å². The highest BCUT2D eigenvalue weighted by Gasteiger charge is 2.14. The Morgan fingerprint density at radius 3 is 2.52 bits per heavy atom. The summed E-state index contributed by atoms with van der Waals surface area (Å²) in [5.74, 6) is 0.0710. The van der Waals surface area contributed by atoms with Crippen LogP contribution < -0.4 is 0 Å². The lowest BCUT2D eigenvalue weighted by Crippen LogP contribution is -2.34. The Bertz CT molecular complexity index is 711. The average Bonchev–Trinajstić information content (AvgIpc) is 3.09. The van der Waals surface area contributed by atoms with E-state index in [2.05, 4.69) is 10.1 Å². The molecule has 25 heavy (non-hydrogen) atoms. The van der Waals surface area contributed by atoms with Crippen LogP contribution in [0.15, 0.2) is 28.8 Å². The Morgan fingerprint density at radius 1 is 1.20 bits per heavy atom. The van der Waals surface area contributed by atoms with Crippen LogP contribution in [0.25, 0.3) is 11.4 Å². The zero-order valence-electron chi connectivity index (χ0n) is 14.2. The second kappa shape index (κ2) is 9.17. The average molecular weight is 366 g/mol. The van der Waals surface area contributed by atoms with E-state index in [9.17, 15) is 9.59 Å². The second-order valence-electron chi connectivity index (χ2n) is 5.25. The van der Waals surface area contributed by atoms with E-state index in [-0.39, 0.29) is 25.4 Å². The topological polar surface area (TPSA) is 85.5 Å². The van der Waals surface area contributed by atoms with Gasteiger partial charge in [-0.2, -0.15) is 4.98 Å². The minimum Gasteiger partial charge on any atom is -0.456 e. The van der Waals surface area contributed by atoms with Gasteiger partial charge in [-0.15, -0.1) is 0 Å². The summed E-state index contributed by atoms with van der Waals surface area (Å²) in [5, 5.41) is 4.49. The number of nitrogens with zero attached hydrogens (tertiary/aromatic N) is 3. The van der Waals surface area contributed by atoms with Gasteiger partial charge < -0.3 is 14.2 Å². The third kappa shape index (κ3) is 5.56. The molecule has 0 bridgehead atoms. The van der Waals surface area contributed by atoms with Gasteiger partial charge in [0.25, 0.3) is 5.91 Å². The quantitative estimate of drug-likeness (QED) is 0.668. The number of halogens is 1. The van der Waals surface area contributed by atoms with Gasteiger partial charge in [-0.3, -0.25) is 9.59 Å². The van der Waals surface area contributed by atoms with Gasteiger partial charge >= 0.3 is 5.97 Å². The molecule has 0 saturated heterocycles. The number of aromatic nitrogens is 2. The SMILES string of the molecule is CCN(CC)C(=O)COC(=O)CCc1nc(-c2ccc(Cl)cc2)no1. The molecular formula is C17H20ClN3O4. The van der Waals surface area contributed by atoms with E-state index in [4.69, 9.17) is 20.9 Å². The van der Waals surface area contributed by atoms with Crippen LogP contribution in [0.4, 0.5) is 0 Å². The molecule has 1 aromatic heterocycles. The molecule has 7 nitrogen and oxygen atoms in total. The summed E-state index contributed by atoms with van der Waals surface area (Å²) >= 11 is 5.84. The molecule has 134 valence electrons. The fourth-order valence-corrected chi connectivity index (χ4v) is 2.29. The molecule has 0 aliphatic rings. The van der Waals surface area contributed by atoms with Crippen molar-refractivity contribution < 1.29 is 18.8 Å². The number of likely N-dealkylation sites (N-methyl/N-ethyl adjacent to an activating group) is 1. The van der Waals surface area contributed by atoms with Crippen LogP contribution in [0, 0.1) is 0 Å². The van der Waals surface area contributed by atoms with Gasteiger partial charge in [-0.05, 0) is 38.1 Å². The van der Waals surface area contributed by atoms with E-state index in [1.165, 1.54) is 0 Å². The molecule has 0 fully saturated rings. The standard InChI is InChI=1S/C17H20ClN3O4/c1-3-21(4-2)15(22)11-24-16(23)10-9-14-19-17(20-25-14)12-5-7-13(18)8-6-12/h5-8H,3-4,9-11H2,1-2H3. The minimum absolute atomic E-state index is 0.0633. The van der Waals surface area contributed by atoms with Crippen molar-refractivity contribution in [3.8, 4) is 11.4 Å². The van der Waals surface area contributed by atoms with Gasteiger partial charge in [0, 0.05) is 30.1 Å². The highest BCUT2D eigenvalue weighted by molar-refractivity contribution is 6.30. The maximum absolute atomic E-state index is 11.8. The molecule has 0 aliphatic heterocycles. The molecule has 0 N–H and O–H groups in total. The van der Waals surface area contributed by atoms with Gasteiger partial charge in [-0.25, -0.2) is 0 Å². The van der Waals surface area contributed by atoms with Gasteiger partial charge in [-0.1, -0.05) is 16.8 Å². The third-order valence-corrected chi connectivity index (χ3v) is 3.84. The zero-order valence-corrected chi connectivity index (χ0v) is 15.0. The van der Waals surface area contributed by atoms with Gasteiger partial charge in [0.15, 0.2) is 6.61 Å². The fraction of sp³-hybridized carbons (Fsp3) is 0.412. The minimum atomic E-state index is -0.480. The van der Waals surface area contributed by atoms with Gasteiger partial charge in [0.1, 0.15) is 0 Å². The highest BCUT2D eigenvalue weighted by atomic mass is 35.5. The first-order chi connectivity index (χ1) is 12.0. The summed E-state index contributed by atoms with van der Waals surface area (Å²) in [7, 11) is 0. The molecular weight excluding hydrogens is 346 g/mol. The van der Waals surface area contributed by atoms with Crippen LogP contribution in [-0.4, -0.2) is 46.6 Å². The predicted octanol–water partition coefficient (Wildman–Crippen LogP) is 2.73. The first kappa shape index (κ1) is 18.9. The summed E-state index contributed by atoms with van der Waals surface area (Å²) in [4.78, 5) is 29.3. The van der Waals surface area contributed by atoms with Crippen molar-refractivity contribution in [1.82, 2.24) is 15.0 Å². The number of rotatable bonds is 8. The van der Waals surface area contributed by atoms with Crippen LogP contribution in [0.1, 0.15) is 26.2 Å². The van der Waals surface area contributed by atoms with Crippen LogP contribution in [0.2, 0.25) is 5.02 Å². The molecule has 0 unspecified atom stereocenters. The van der Waals surface area contributed by atoms with Crippen molar-refractivity contribution in [3.63, 3.8) is 0 Å². The first-order valence-corrected chi connectivity index (χ1v) is 8.43. The second-order valence-corrected chi connectivity index (χ2v) is 5.68. The summed E-state index contributed by atoms with van der Waals surface area (Å²) in [6.45, 7) is 4.67. The van der Waals surface area contributed by atoms with Crippen molar-refractivity contribution in [3.05, 3.63) is 35.2 Å². The van der Waals surface area contributed by atoms with Crippen molar-refractivity contribution in [1.29, 1.82) is 0 Å². The maximum atomic E-state index is 11.8. The van der Waals surface area contributed by atoms with Crippen molar-refractivity contribution in [2.24, 2.45) is 0 Å². The van der Waals surface area contributed by atoms with E-state index in [0.717, 1.165) is 5.56 Å². The third-order valence-electron chi connectivity index (χ3n) is 3.59. The van der Waals surface area contributed by atoms with E-state index in [0.29, 0.717) is 29.8 Å². The number of carbonyl (C=O) groups excluding carboxylic acids is 2. The van der Waals surface area contributed by atoms with E-state index in [1.807, 2.05) is 13.8 Å². The number of esters is 1. The summed E-state index contributed by atoms with van der Waals surface area (Å²) in [6, 6.07) is 7.03. The maximum Gasteiger partial charge on any atom is 0.306 e. The molecule has 2 rings (SSSR count). The number of carbonyl (C=O) groups is 2. The fourth-order valence-electron chi connectivity index (χ4n) is 2.16. The van der Waals surface area contributed by atoms with E-state index < -0.39 is 5.97 Å². The molecule has 8 heteroatoms. The van der Waals surface area contributed by atoms with Crippen LogP contribution in [0.5, 0.6) is 0 Å². The zero-order chi connectivity index (χ0) is 18.2. The summed E-state index contributed by atoms with van der Waals surface area (Å²) < 4.78 is 10.1. The predicted molar refractivity (Wildman–Crippen MR) is 92.0 cm³/mol. The van der Waals surface area contributed by atoms with E-state index >= 15 is 0 Å². The monoisotopic (exact) mass is 365 g/mol. The molecule has 0 atom stereocenters. The van der Waals surface area contributed by atoms with Crippen LogP contribution >= 0.6 is 11.6 Å². The summed E-state index contributed by atoms with van der Waals surface area (Å²) in [6.07, 6.45) is 0.312. The molecule has 0 radical (unpaired) electrons. The Labute approximate surface area is 150 Å². The lowest BCUT2D eigenvalue weighted by atomic mass is 10.2. The molecule has 1 heterocycles. The lowest BCUT2D eigenvalue weighted by molar-refractivity contribution is -0.151. The van der Waals surface area contributed by atoms with Crippen LogP contribution in [-0.2, 0) is 20.7 Å². The van der Waals surface area contributed by atoms with E-state index in [1.54, 1.807) is 29.2 Å². The molecule has 1 aromatic carbocycles. The number of ether oxygens (including phenoxy) is 1. The van der Waals surface area contributed by atoms with Crippen molar-refractivity contribution in [2.75, 3.05) is 19.7 Å². The smallest absolute Gasteiger partial charge is 0.306 e. The first-order valence-electron chi connectivity index (χ1n) is 8.05. The number of hydrogen-bond acceptors (Lipinski definition) is 6.